The zero-order chi connectivity index (χ0) is 18.9. The summed E-state index contributed by atoms with van der Waals surface area (Å²) in [6.45, 7) is 6.88. The van der Waals surface area contributed by atoms with Crippen LogP contribution in [0.3, 0.4) is 0 Å². The van der Waals surface area contributed by atoms with Crippen LogP contribution in [0, 0.1) is 11.8 Å². The summed E-state index contributed by atoms with van der Waals surface area (Å²) < 4.78 is 13.4. The second-order valence-electron chi connectivity index (χ2n) is 8.39. The second-order valence-corrected chi connectivity index (χ2v) is 8.39. The number of hydrogen-bond donors (Lipinski definition) is 0. The van der Waals surface area contributed by atoms with Crippen LogP contribution in [-0.2, 0) is 16.0 Å². The largest absolute Gasteiger partial charge is 0.379 e. The van der Waals surface area contributed by atoms with Gasteiger partial charge in [-0.25, -0.2) is 0 Å². The number of likely N-dealkylation sites (tertiary alicyclic amines) is 1. The quantitative estimate of drug-likeness (QED) is 0.814. The highest BCUT2D eigenvalue weighted by Gasteiger charge is 2.35. The van der Waals surface area contributed by atoms with Gasteiger partial charge in [-0.15, -0.1) is 0 Å². The zero-order valence-corrected chi connectivity index (χ0v) is 16.1. The van der Waals surface area contributed by atoms with Gasteiger partial charge in [0.25, 0.3) is 5.56 Å². The Labute approximate surface area is 165 Å². The summed E-state index contributed by atoms with van der Waals surface area (Å²) in [5, 5.41) is 0. The topological polar surface area (TPSA) is 56.6 Å². The lowest BCUT2D eigenvalue weighted by Gasteiger charge is -2.43. The Morgan fingerprint density at radius 1 is 1.07 bits per heavy atom. The van der Waals surface area contributed by atoms with E-state index in [1.54, 1.807) is 12.3 Å². The van der Waals surface area contributed by atoms with Crippen LogP contribution in [0.4, 0.5) is 0 Å². The number of hydrogen-bond acceptors (Lipinski definition) is 5. The van der Waals surface area contributed by atoms with Gasteiger partial charge in [-0.1, -0.05) is 6.07 Å². The summed E-state index contributed by atoms with van der Waals surface area (Å²) in [7, 11) is 0. The molecule has 0 N–H and O–H groups in total. The summed E-state index contributed by atoms with van der Waals surface area (Å²) in [5.41, 5.74) is 3.28. The van der Waals surface area contributed by atoms with Crippen molar-refractivity contribution in [1.29, 1.82) is 0 Å². The molecule has 148 valence electrons. The zero-order valence-electron chi connectivity index (χ0n) is 16.1. The minimum absolute atomic E-state index is 0.116. The highest BCUT2D eigenvalue weighted by molar-refractivity contribution is 5.62. The van der Waals surface area contributed by atoms with Gasteiger partial charge >= 0.3 is 0 Å². The SMILES string of the molecule is O=c1cc(-c2cccnc2)cc2n1C[C@H]1C[C@@H]2CN(CC2COCCOC2)C1. The molecule has 2 aromatic rings. The van der Waals surface area contributed by atoms with Crippen molar-refractivity contribution in [2.45, 2.75) is 18.9 Å². The van der Waals surface area contributed by atoms with Crippen LogP contribution >= 0.6 is 0 Å². The highest BCUT2D eigenvalue weighted by atomic mass is 16.5. The van der Waals surface area contributed by atoms with Gasteiger partial charge in [0.05, 0.1) is 26.4 Å². The monoisotopic (exact) mass is 381 g/mol. The van der Waals surface area contributed by atoms with Gasteiger partial charge in [0.1, 0.15) is 0 Å². The molecule has 0 unspecified atom stereocenters. The summed E-state index contributed by atoms with van der Waals surface area (Å²) >= 11 is 0. The summed E-state index contributed by atoms with van der Waals surface area (Å²) in [6, 6.07) is 7.91. The fourth-order valence-electron chi connectivity index (χ4n) is 5.04. The average molecular weight is 381 g/mol. The van der Waals surface area contributed by atoms with E-state index in [0.717, 1.165) is 50.5 Å². The molecule has 2 saturated heterocycles. The molecule has 6 nitrogen and oxygen atoms in total. The number of pyridine rings is 2. The Hall–Kier alpha value is -2.02. The predicted octanol–water partition coefficient (Wildman–Crippen LogP) is 1.99. The van der Waals surface area contributed by atoms with Crippen LogP contribution in [0.5, 0.6) is 0 Å². The molecule has 0 aromatic carbocycles. The van der Waals surface area contributed by atoms with E-state index in [0.29, 0.717) is 31.0 Å². The third-order valence-corrected chi connectivity index (χ3v) is 6.22. The van der Waals surface area contributed by atoms with Crippen LogP contribution in [0.2, 0.25) is 0 Å². The van der Waals surface area contributed by atoms with Gasteiger partial charge in [-0.2, -0.15) is 0 Å². The van der Waals surface area contributed by atoms with E-state index in [1.165, 1.54) is 12.1 Å². The number of piperidine rings is 1. The lowest BCUT2D eigenvalue weighted by molar-refractivity contribution is 0.0649. The van der Waals surface area contributed by atoms with Crippen molar-refractivity contribution in [2.75, 3.05) is 46.1 Å². The molecule has 5 heterocycles. The molecular formula is C22H27N3O3. The van der Waals surface area contributed by atoms with Gasteiger partial charge in [-0.3, -0.25) is 9.78 Å². The van der Waals surface area contributed by atoms with Crippen molar-refractivity contribution in [3.63, 3.8) is 0 Å². The maximum Gasteiger partial charge on any atom is 0.251 e. The third-order valence-electron chi connectivity index (χ3n) is 6.22. The standard InChI is InChI=1S/C22H27N3O3/c26-22-8-19(18-2-1-3-23-9-18)7-21-20-6-16(12-25(21)22)10-24(13-20)11-17-14-27-4-5-28-15-17/h1-3,7-9,16-17,20H,4-6,10-15H2/t16-,20+/m0/s1. The van der Waals surface area contributed by atoms with Crippen molar-refractivity contribution in [1.82, 2.24) is 14.5 Å². The van der Waals surface area contributed by atoms with Crippen LogP contribution in [-0.4, -0.2) is 60.5 Å². The van der Waals surface area contributed by atoms with Gasteiger partial charge in [0, 0.05) is 67.7 Å². The van der Waals surface area contributed by atoms with Crippen molar-refractivity contribution in [3.05, 3.63) is 52.7 Å². The molecule has 0 radical (unpaired) electrons. The summed E-state index contributed by atoms with van der Waals surface area (Å²) in [5.74, 6) is 1.38. The molecule has 2 atom stereocenters. The fourth-order valence-corrected chi connectivity index (χ4v) is 5.04. The Bertz CT molecular complexity index is 874. The van der Waals surface area contributed by atoms with Crippen LogP contribution < -0.4 is 5.56 Å². The molecule has 2 aromatic heterocycles. The van der Waals surface area contributed by atoms with E-state index in [2.05, 4.69) is 16.0 Å². The molecule has 5 rings (SSSR count). The van der Waals surface area contributed by atoms with E-state index >= 15 is 0 Å². The first-order chi connectivity index (χ1) is 13.8. The summed E-state index contributed by atoms with van der Waals surface area (Å²) in [4.78, 5) is 19.6. The Morgan fingerprint density at radius 3 is 2.71 bits per heavy atom. The number of rotatable bonds is 3. The summed E-state index contributed by atoms with van der Waals surface area (Å²) in [6.07, 6.45) is 4.76. The van der Waals surface area contributed by atoms with Gasteiger partial charge in [0.2, 0.25) is 0 Å². The molecule has 6 heteroatoms. The molecule has 3 aliphatic rings. The van der Waals surface area contributed by atoms with E-state index < -0.39 is 0 Å². The van der Waals surface area contributed by atoms with E-state index in [4.69, 9.17) is 9.47 Å². The number of ether oxygens (including phenoxy) is 2. The van der Waals surface area contributed by atoms with E-state index in [-0.39, 0.29) is 5.56 Å². The molecule has 3 aliphatic heterocycles. The van der Waals surface area contributed by atoms with Crippen LogP contribution in [0.25, 0.3) is 11.1 Å². The predicted molar refractivity (Wildman–Crippen MR) is 106 cm³/mol. The molecule has 0 spiro atoms. The van der Waals surface area contributed by atoms with Crippen molar-refractivity contribution in [3.8, 4) is 11.1 Å². The molecular weight excluding hydrogens is 354 g/mol. The Balaban J connectivity index is 1.39. The smallest absolute Gasteiger partial charge is 0.251 e. The number of aromatic nitrogens is 2. The number of fused-ring (bicyclic) bond motifs is 4. The second kappa shape index (κ2) is 7.78. The fraction of sp³-hybridized carbons (Fsp3) is 0.545. The molecule has 0 aliphatic carbocycles. The van der Waals surface area contributed by atoms with Crippen LogP contribution in [0.1, 0.15) is 18.0 Å². The van der Waals surface area contributed by atoms with Gasteiger partial charge < -0.3 is 18.9 Å². The van der Waals surface area contributed by atoms with Crippen molar-refractivity contribution in [2.24, 2.45) is 11.8 Å². The van der Waals surface area contributed by atoms with Gasteiger partial charge in [0.15, 0.2) is 0 Å². The molecule has 28 heavy (non-hydrogen) atoms. The first kappa shape index (κ1) is 18.0. The maximum absolute atomic E-state index is 12.8. The molecule has 2 fully saturated rings. The first-order valence-electron chi connectivity index (χ1n) is 10.3. The minimum Gasteiger partial charge on any atom is -0.379 e. The minimum atomic E-state index is 0.116. The highest BCUT2D eigenvalue weighted by Crippen LogP contribution is 2.36. The number of nitrogens with zero attached hydrogens (tertiary/aromatic N) is 3. The lowest BCUT2D eigenvalue weighted by Crippen LogP contribution is -2.48. The van der Waals surface area contributed by atoms with Crippen LogP contribution in [0.15, 0.2) is 41.5 Å². The first-order valence-corrected chi connectivity index (χ1v) is 10.3. The molecule has 2 bridgehead atoms. The van der Waals surface area contributed by atoms with Crippen molar-refractivity contribution >= 4 is 0 Å². The molecule has 0 saturated carbocycles. The normalized spacial score (nSPS) is 25.9. The average Bonchev–Trinajstić information content (AvgIpc) is 2.98. The Kier molecular flexibility index (Phi) is 5.01. The lowest BCUT2D eigenvalue weighted by atomic mass is 9.82. The van der Waals surface area contributed by atoms with E-state index in [1.807, 2.05) is 22.9 Å². The third kappa shape index (κ3) is 3.64. The Morgan fingerprint density at radius 2 is 1.93 bits per heavy atom. The van der Waals surface area contributed by atoms with Gasteiger partial charge in [-0.05, 0) is 30.0 Å². The maximum atomic E-state index is 12.8. The van der Waals surface area contributed by atoms with E-state index in [9.17, 15) is 4.79 Å². The molecule has 0 amide bonds. The van der Waals surface area contributed by atoms with Crippen molar-refractivity contribution < 1.29 is 9.47 Å².